The number of ether oxygens (including phenoxy) is 1. The molecule has 2 heteroatoms. The van der Waals surface area contributed by atoms with Gasteiger partial charge in [-0.1, -0.05) is 20.8 Å². The average Bonchev–Trinajstić information content (AvgIpc) is 2.06. The van der Waals surface area contributed by atoms with E-state index >= 15 is 0 Å². The lowest BCUT2D eigenvalue weighted by Crippen LogP contribution is -2.44. The van der Waals surface area contributed by atoms with Gasteiger partial charge in [-0.15, -0.1) is 0 Å². The molecule has 0 aromatic heterocycles. The minimum Gasteiger partial charge on any atom is -0.377 e. The molecule has 1 heterocycles. The Morgan fingerprint density at radius 1 is 1.36 bits per heavy atom. The number of hydrogen-bond acceptors (Lipinski definition) is 2. The number of rotatable bonds is 3. The van der Waals surface area contributed by atoms with Crippen LogP contribution in [0, 0.1) is 5.41 Å². The van der Waals surface area contributed by atoms with Gasteiger partial charge in [-0.3, -0.25) is 0 Å². The van der Waals surface area contributed by atoms with Gasteiger partial charge in [0.25, 0.3) is 0 Å². The predicted octanol–water partition coefficient (Wildman–Crippen LogP) is 2.58. The summed E-state index contributed by atoms with van der Waals surface area (Å²) in [5.41, 5.74) is 0.394. The van der Waals surface area contributed by atoms with Crippen LogP contribution in [0.25, 0.3) is 0 Å². The molecular formula is C12H25NO. The smallest absolute Gasteiger partial charge is 0.0725 e. The maximum Gasteiger partial charge on any atom is 0.0725 e. The molecule has 0 aliphatic carbocycles. The lowest BCUT2D eigenvalue weighted by molar-refractivity contribution is 0.00164. The van der Waals surface area contributed by atoms with Gasteiger partial charge in [0.05, 0.1) is 6.10 Å². The second kappa shape index (κ2) is 5.13. The summed E-state index contributed by atoms with van der Waals surface area (Å²) in [6.07, 6.45) is 4.06. The van der Waals surface area contributed by atoms with Crippen molar-refractivity contribution in [2.75, 3.05) is 13.2 Å². The van der Waals surface area contributed by atoms with Gasteiger partial charge >= 0.3 is 0 Å². The van der Waals surface area contributed by atoms with Crippen LogP contribution in [0.2, 0.25) is 0 Å². The quantitative estimate of drug-likeness (QED) is 0.754. The largest absolute Gasteiger partial charge is 0.377 e. The normalized spacial score (nSPS) is 29.1. The third-order valence-electron chi connectivity index (χ3n) is 2.87. The van der Waals surface area contributed by atoms with Crippen molar-refractivity contribution >= 4 is 0 Å². The molecule has 0 aromatic carbocycles. The van der Waals surface area contributed by atoms with Gasteiger partial charge in [0.2, 0.25) is 0 Å². The summed E-state index contributed by atoms with van der Waals surface area (Å²) in [5, 5.41) is 3.45. The van der Waals surface area contributed by atoms with E-state index in [2.05, 4.69) is 33.0 Å². The van der Waals surface area contributed by atoms with Crippen LogP contribution >= 0.6 is 0 Å². The van der Waals surface area contributed by atoms with Gasteiger partial charge in [0.15, 0.2) is 0 Å². The molecule has 0 bridgehead atoms. The molecule has 2 atom stereocenters. The van der Waals surface area contributed by atoms with Crippen LogP contribution in [-0.2, 0) is 4.74 Å². The fourth-order valence-electron chi connectivity index (χ4n) is 1.76. The Morgan fingerprint density at radius 3 is 2.64 bits per heavy atom. The second-order valence-electron chi connectivity index (χ2n) is 5.60. The van der Waals surface area contributed by atoms with Gasteiger partial charge < -0.3 is 10.1 Å². The van der Waals surface area contributed by atoms with Crippen molar-refractivity contribution in [3.8, 4) is 0 Å². The highest BCUT2D eigenvalue weighted by Gasteiger charge is 2.21. The molecule has 0 radical (unpaired) electrons. The first-order valence-electron chi connectivity index (χ1n) is 5.84. The molecule has 2 nitrogen and oxygen atoms in total. The molecular weight excluding hydrogens is 174 g/mol. The minimum absolute atomic E-state index is 0.394. The molecule has 1 rings (SSSR count). The molecule has 1 N–H and O–H groups in total. The topological polar surface area (TPSA) is 21.3 Å². The summed E-state index contributed by atoms with van der Waals surface area (Å²) >= 11 is 0. The molecule has 2 unspecified atom stereocenters. The van der Waals surface area contributed by atoms with Crippen LogP contribution in [0.5, 0.6) is 0 Å². The fourth-order valence-corrected chi connectivity index (χ4v) is 1.76. The summed E-state index contributed by atoms with van der Waals surface area (Å²) in [7, 11) is 0. The first-order chi connectivity index (χ1) is 6.49. The van der Waals surface area contributed by atoms with Crippen molar-refractivity contribution in [1.29, 1.82) is 0 Å². The Hall–Kier alpha value is -0.0800. The van der Waals surface area contributed by atoms with Crippen molar-refractivity contribution in [1.82, 2.24) is 5.32 Å². The van der Waals surface area contributed by atoms with E-state index in [4.69, 9.17) is 4.74 Å². The Balaban J connectivity index is 2.17. The van der Waals surface area contributed by atoms with E-state index < -0.39 is 0 Å². The van der Waals surface area contributed by atoms with Gasteiger partial charge in [0, 0.05) is 12.6 Å². The summed E-state index contributed by atoms with van der Waals surface area (Å²) in [6.45, 7) is 11.1. The van der Waals surface area contributed by atoms with E-state index in [1.807, 2.05) is 0 Å². The summed E-state index contributed by atoms with van der Waals surface area (Å²) in [6, 6.07) is 0.531. The summed E-state index contributed by atoms with van der Waals surface area (Å²) < 4.78 is 5.91. The molecule has 14 heavy (non-hydrogen) atoms. The standard InChI is InChI=1S/C12H25NO/c1-10-11(6-5-8-13-10)14-9-7-12(2,3)4/h10-11,13H,5-9H2,1-4H3. The third kappa shape index (κ3) is 4.43. The van der Waals surface area contributed by atoms with Crippen molar-refractivity contribution < 1.29 is 4.74 Å². The first kappa shape index (κ1) is 12.0. The zero-order chi connectivity index (χ0) is 10.6. The summed E-state index contributed by atoms with van der Waals surface area (Å²) in [5.74, 6) is 0. The molecule has 0 saturated carbocycles. The Bertz CT molecular complexity index is 162. The molecule has 1 fully saturated rings. The number of hydrogen-bond donors (Lipinski definition) is 1. The zero-order valence-electron chi connectivity index (χ0n) is 10.1. The van der Waals surface area contributed by atoms with Crippen LogP contribution in [0.15, 0.2) is 0 Å². The van der Waals surface area contributed by atoms with E-state index in [0.717, 1.165) is 19.6 Å². The number of piperidine rings is 1. The zero-order valence-corrected chi connectivity index (χ0v) is 10.1. The van der Waals surface area contributed by atoms with E-state index in [-0.39, 0.29) is 0 Å². The lowest BCUT2D eigenvalue weighted by atomic mass is 9.93. The highest BCUT2D eigenvalue weighted by Crippen LogP contribution is 2.20. The first-order valence-corrected chi connectivity index (χ1v) is 5.84. The summed E-state index contributed by atoms with van der Waals surface area (Å²) in [4.78, 5) is 0. The predicted molar refractivity (Wildman–Crippen MR) is 60.5 cm³/mol. The van der Waals surface area contributed by atoms with Crippen molar-refractivity contribution in [2.24, 2.45) is 5.41 Å². The van der Waals surface area contributed by atoms with Crippen molar-refractivity contribution in [2.45, 2.75) is 59.1 Å². The Kier molecular flexibility index (Phi) is 4.39. The monoisotopic (exact) mass is 199 g/mol. The van der Waals surface area contributed by atoms with Crippen LogP contribution < -0.4 is 5.32 Å². The van der Waals surface area contributed by atoms with Gasteiger partial charge in [-0.25, -0.2) is 0 Å². The van der Waals surface area contributed by atoms with Crippen LogP contribution in [0.4, 0.5) is 0 Å². The number of nitrogens with one attached hydrogen (secondary N) is 1. The molecule has 0 amide bonds. The van der Waals surface area contributed by atoms with Gasteiger partial charge in [0.1, 0.15) is 0 Å². The highest BCUT2D eigenvalue weighted by atomic mass is 16.5. The Labute approximate surface area is 88.4 Å². The van der Waals surface area contributed by atoms with Crippen LogP contribution in [-0.4, -0.2) is 25.3 Å². The van der Waals surface area contributed by atoms with E-state index in [1.165, 1.54) is 12.8 Å². The maximum absolute atomic E-state index is 5.91. The third-order valence-corrected chi connectivity index (χ3v) is 2.87. The highest BCUT2D eigenvalue weighted by molar-refractivity contribution is 4.78. The molecule has 84 valence electrons. The molecule has 1 aliphatic rings. The van der Waals surface area contributed by atoms with Gasteiger partial charge in [-0.2, -0.15) is 0 Å². The molecule has 1 saturated heterocycles. The van der Waals surface area contributed by atoms with Crippen LogP contribution in [0.1, 0.15) is 47.0 Å². The van der Waals surface area contributed by atoms with E-state index in [9.17, 15) is 0 Å². The van der Waals surface area contributed by atoms with Gasteiger partial charge in [-0.05, 0) is 38.1 Å². The van der Waals surface area contributed by atoms with Crippen molar-refractivity contribution in [3.05, 3.63) is 0 Å². The van der Waals surface area contributed by atoms with Crippen molar-refractivity contribution in [3.63, 3.8) is 0 Å². The van der Waals surface area contributed by atoms with E-state index in [0.29, 0.717) is 17.6 Å². The van der Waals surface area contributed by atoms with Crippen LogP contribution in [0.3, 0.4) is 0 Å². The SMILES string of the molecule is CC1NCCCC1OCCC(C)(C)C. The lowest BCUT2D eigenvalue weighted by Gasteiger charge is -2.31. The average molecular weight is 199 g/mol. The maximum atomic E-state index is 5.91. The molecule has 0 aromatic rings. The second-order valence-corrected chi connectivity index (χ2v) is 5.60. The fraction of sp³-hybridized carbons (Fsp3) is 1.00. The molecule has 1 aliphatic heterocycles. The van der Waals surface area contributed by atoms with E-state index in [1.54, 1.807) is 0 Å². The molecule has 0 spiro atoms. The minimum atomic E-state index is 0.394. The Morgan fingerprint density at radius 2 is 2.07 bits per heavy atom.